The van der Waals surface area contributed by atoms with E-state index in [1.165, 1.54) is 6.08 Å². The van der Waals surface area contributed by atoms with Gasteiger partial charge in [0.05, 0.1) is 0 Å². The van der Waals surface area contributed by atoms with E-state index in [4.69, 9.17) is 4.74 Å². The van der Waals surface area contributed by atoms with Crippen molar-refractivity contribution in [1.82, 2.24) is 0 Å². The highest BCUT2D eigenvalue weighted by atomic mass is 16.5. The van der Waals surface area contributed by atoms with Crippen molar-refractivity contribution >= 4 is 17.6 Å². The van der Waals surface area contributed by atoms with Gasteiger partial charge in [0.25, 0.3) is 5.91 Å². The Morgan fingerprint density at radius 3 is 2.18 bits per heavy atom. The molecule has 1 N–H and O–H groups in total. The van der Waals surface area contributed by atoms with Gasteiger partial charge in [-0.2, -0.15) is 0 Å². The summed E-state index contributed by atoms with van der Waals surface area (Å²) < 4.78 is 5.14. The fourth-order valence-corrected chi connectivity index (χ4v) is 1.78. The van der Waals surface area contributed by atoms with Crippen LogP contribution in [0.4, 0.5) is 5.69 Å². The Labute approximate surface area is 129 Å². The molecule has 0 unspecified atom stereocenters. The van der Waals surface area contributed by atoms with Crippen molar-refractivity contribution in [2.75, 3.05) is 5.32 Å². The quantitative estimate of drug-likeness (QED) is 0.530. The van der Waals surface area contributed by atoms with E-state index in [2.05, 4.69) is 5.32 Å². The van der Waals surface area contributed by atoms with Crippen LogP contribution in [-0.2, 0) is 4.79 Å². The van der Waals surface area contributed by atoms with E-state index in [0.717, 1.165) is 5.57 Å². The number of amides is 1. The molecule has 0 aromatic heterocycles. The highest BCUT2D eigenvalue weighted by molar-refractivity contribution is 6.04. The van der Waals surface area contributed by atoms with Crippen molar-refractivity contribution in [1.29, 1.82) is 0 Å². The molecule has 0 saturated carbocycles. The van der Waals surface area contributed by atoms with Gasteiger partial charge in [0, 0.05) is 17.3 Å². The second-order valence-electron chi connectivity index (χ2n) is 4.99. The lowest BCUT2D eigenvalue weighted by Crippen LogP contribution is -2.11. The van der Waals surface area contributed by atoms with Crippen LogP contribution >= 0.6 is 0 Å². The number of allylic oxidation sites excluding steroid dienone is 1. The predicted octanol–water partition coefficient (Wildman–Crippen LogP) is 3.81. The monoisotopic (exact) mass is 295 g/mol. The van der Waals surface area contributed by atoms with Gasteiger partial charge in [0.2, 0.25) is 0 Å². The van der Waals surface area contributed by atoms with Crippen molar-refractivity contribution in [3.63, 3.8) is 0 Å². The van der Waals surface area contributed by atoms with Crippen LogP contribution in [-0.4, -0.2) is 11.9 Å². The second kappa shape index (κ2) is 7.22. The fraction of sp³-hybridized carbons (Fsp3) is 0.111. The topological polar surface area (TPSA) is 55.4 Å². The van der Waals surface area contributed by atoms with E-state index < -0.39 is 5.97 Å². The van der Waals surface area contributed by atoms with Gasteiger partial charge >= 0.3 is 5.97 Å². The maximum Gasteiger partial charge on any atom is 0.336 e. The Balaban J connectivity index is 1.99. The molecule has 1 amide bonds. The van der Waals surface area contributed by atoms with Gasteiger partial charge < -0.3 is 10.1 Å². The number of carbonyl (C=O) groups excluding carboxylic acids is 2. The molecule has 0 fully saturated rings. The molecule has 0 aliphatic heterocycles. The number of anilines is 1. The number of ether oxygens (including phenoxy) is 1. The minimum atomic E-state index is -0.416. The second-order valence-corrected chi connectivity index (χ2v) is 4.99. The lowest BCUT2D eigenvalue weighted by Gasteiger charge is -2.06. The molecular weight excluding hydrogens is 278 g/mol. The summed E-state index contributed by atoms with van der Waals surface area (Å²) in [6, 6.07) is 15.6. The first-order chi connectivity index (χ1) is 10.5. The maximum absolute atomic E-state index is 12.0. The summed E-state index contributed by atoms with van der Waals surface area (Å²) in [5, 5.41) is 2.78. The standard InChI is InChI=1S/C18H17NO3/c1-13(2)12-17(20)22-16-10-8-15(9-11-16)19-18(21)14-6-4-3-5-7-14/h3-12H,1-2H3,(H,19,21). The van der Waals surface area contributed by atoms with Crippen LogP contribution in [0.3, 0.4) is 0 Å². The molecule has 0 aliphatic rings. The van der Waals surface area contributed by atoms with E-state index in [1.54, 1.807) is 48.5 Å². The largest absolute Gasteiger partial charge is 0.423 e. The molecule has 2 aromatic rings. The van der Waals surface area contributed by atoms with Gasteiger partial charge in [-0.25, -0.2) is 4.79 Å². The summed E-state index contributed by atoms with van der Waals surface area (Å²) >= 11 is 0. The molecule has 2 rings (SSSR count). The molecule has 0 aliphatic carbocycles. The third-order valence-electron chi connectivity index (χ3n) is 2.77. The van der Waals surface area contributed by atoms with Gasteiger partial charge in [-0.1, -0.05) is 23.8 Å². The van der Waals surface area contributed by atoms with Crippen LogP contribution in [0.15, 0.2) is 66.2 Å². The average Bonchev–Trinajstić information content (AvgIpc) is 2.49. The Kier molecular flexibility index (Phi) is 5.09. The SMILES string of the molecule is CC(C)=CC(=O)Oc1ccc(NC(=O)c2ccccc2)cc1. The zero-order chi connectivity index (χ0) is 15.9. The van der Waals surface area contributed by atoms with Gasteiger partial charge in [-0.15, -0.1) is 0 Å². The Hall–Kier alpha value is -2.88. The Bertz CT molecular complexity index is 684. The number of hydrogen-bond acceptors (Lipinski definition) is 3. The van der Waals surface area contributed by atoms with Crippen LogP contribution in [0, 0.1) is 0 Å². The Morgan fingerprint density at radius 1 is 0.955 bits per heavy atom. The lowest BCUT2D eigenvalue weighted by molar-refractivity contribution is -0.129. The van der Waals surface area contributed by atoms with E-state index in [1.807, 2.05) is 19.9 Å². The van der Waals surface area contributed by atoms with E-state index >= 15 is 0 Å². The van der Waals surface area contributed by atoms with E-state index in [-0.39, 0.29) is 5.91 Å². The third kappa shape index (κ3) is 4.59. The van der Waals surface area contributed by atoms with E-state index in [0.29, 0.717) is 17.0 Å². The fourth-order valence-electron chi connectivity index (χ4n) is 1.78. The summed E-state index contributed by atoms with van der Waals surface area (Å²) in [7, 11) is 0. The summed E-state index contributed by atoms with van der Waals surface area (Å²) in [4.78, 5) is 23.5. The number of hydrogen-bond donors (Lipinski definition) is 1. The minimum absolute atomic E-state index is 0.185. The van der Waals surface area contributed by atoms with Gasteiger partial charge in [-0.3, -0.25) is 4.79 Å². The molecule has 0 radical (unpaired) electrons. The molecule has 0 saturated heterocycles. The number of esters is 1. The van der Waals surface area contributed by atoms with Crippen LogP contribution in [0.2, 0.25) is 0 Å². The smallest absolute Gasteiger partial charge is 0.336 e. The first-order valence-electron chi connectivity index (χ1n) is 6.88. The molecule has 0 atom stereocenters. The molecule has 0 heterocycles. The lowest BCUT2D eigenvalue weighted by atomic mass is 10.2. The third-order valence-corrected chi connectivity index (χ3v) is 2.77. The molecule has 4 nitrogen and oxygen atoms in total. The van der Waals surface area contributed by atoms with E-state index in [9.17, 15) is 9.59 Å². The van der Waals surface area contributed by atoms with Gasteiger partial charge in [0.1, 0.15) is 5.75 Å². The van der Waals surface area contributed by atoms with Crippen LogP contribution in [0.5, 0.6) is 5.75 Å². The highest BCUT2D eigenvalue weighted by Gasteiger charge is 2.06. The zero-order valence-electron chi connectivity index (χ0n) is 12.5. The molecule has 4 heteroatoms. The molecule has 2 aromatic carbocycles. The van der Waals surface area contributed by atoms with Crippen molar-refractivity contribution in [3.05, 3.63) is 71.8 Å². The van der Waals surface area contributed by atoms with Crippen molar-refractivity contribution in [2.45, 2.75) is 13.8 Å². The average molecular weight is 295 g/mol. The first-order valence-corrected chi connectivity index (χ1v) is 6.88. The molecular formula is C18H17NO3. The predicted molar refractivity (Wildman–Crippen MR) is 85.9 cm³/mol. The van der Waals surface area contributed by atoms with Crippen molar-refractivity contribution in [2.24, 2.45) is 0 Å². The normalized spacial score (nSPS) is 9.73. The van der Waals surface area contributed by atoms with Crippen LogP contribution < -0.4 is 10.1 Å². The summed E-state index contributed by atoms with van der Waals surface area (Å²) in [6.07, 6.45) is 1.42. The van der Waals surface area contributed by atoms with Gasteiger partial charge in [-0.05, 0) is 50.2 Å². The minimum Gasteiger partial charge on any atom is -0.423 e. The number of benzene rings is 2. The number of rotatable bonds is 4. The summed E-state index contributed by atoms with van der Waals surface area (Å²) in [6.45, 7) is 3.65. The van der Waals surface area contributed by atoms with Crippen molar-refractivity contribution in [3.8, 4) is 5.75 Å². The molecule has 112 valence electrons. The van der Waals surface area contributed by atoms with Crippen LogP contribution in [0.1, 0.15) is 24.2 Å². The number of nitrogens with one attached hydrogen (secondary N) is 1. The zero-order valence-corrected chi connectivity index (χ0v) is 12.5. The van der Waals surface area contributed by atoms with Crippen LogP contribution in [0.25, 0.3) is 0 Å². The highest BCUT2D eigenvalue weighted by Crippen LogP contribution is 2.17. The molecule has 22 heavy (non-hydrogen) atoms. The first kappa shape index (κ1) is 15.5. The summed E-state index contributed by atoms with van der Waals surface area (Å²) in [5.74, 6) is -0.170. The molecule has 0 spiro atoms. The Morgan fingerprint density at radius 2 is 1.59 bits per heavy atom. The van der Waals surface area contributed by atoms with Gasteiger partial charge in [0.15, 0.2) is 0 Å². The molecule has 0 bridgehead atoms. The van der Waals surface area contributed by atoms with Crippen molar-refractivity contribution < 1.29 is 14.3 Å². The summed E-state index contributed by atoms with van der Waals surface area (Å²) in [5.41, 5.74) is 2.09. The number of carbonyl (C=O) groups is 2. The maximum atomic E-state index is 12.0.